The molecule has 0 spiro atoms. The summed E-state index contributed by atoms with van der Waals surface area (Å²) in [6.45, 7) is 11.5. The zero-order chi connectivity index (χ0) is 14.0. The van der Waals surface area contributed by atoms with Gasteiger partial charge in [-0.15, -0.1) is 0 Å². The third-order valence-electron chi connectivity index (χ3n) is 4.91. The van der Waals surface area contributed by atoms with Crippen LogP contribution in [0.5, 0.6) is 0 Å². The van der Waals surface area contributed by atoms with E-state index >= 15 is 0 Å². The molecule has 1 aliphatic heterocycles. The first-order chi connectivity index (χ1) is 8.94. The Balaban J connectivity index is 2.16. The standard InChI is InChI=1S/C17H27NO/c1-13-5-6-16(11-14(13)2)18-9-8-17(3,4)15(12-18)7-10-19/h5-6,11,15,19H,7-10,12H2,1-4H3. The highest BCUT2D eigenvalue weighted by Gasteiger charge is 2.35. The van der Waals surface area contributed by atoms with Crippen molar-refractivity contribution in [1.82, 2.24) is 0 Å². The number of hydrogen-bond acceptors (Lipinski definition) is 2. The number of nitrogens with zero attached hydrogens (tertiary/aromatic N) is 1. The Morgan fingerprint density at radius 2 is 2.00 bits per heavy atom. The van der Waals surface area contributed by atoms with Crippen LogP contribution >= 0.6 is 0 Å². The van der Waals surface area contributed by atoms with Gasteiger partial charge in [0.05, 0.1) is 0 Å². The number of aliphatic hydroxyl groups excluding tert-OH is 1. The van der Waals surface area contributed by atoms with Crippen LogP contribution in [0.25, 0.3) is 0 Å². The molecule has 1 unspecified atom stereocenters. The summed E-state index contributed by atoms with van der Waals surface area (Å²) in [7, 11) is 0. The first-order valence-corrected chi connectivity index (χ1v) is 7.37. The Labute approximate surface area is 117 Å². The molecule has 1 aliphatic rings. The van der Waals surface area contributed by atoms with Crippen LogP contribution in [0.2, 0.25) is 0 Å². The predicted octanol–water partition coefficient (Wildman–Crippen LogP) is 3.54. The van der Waals surface area contributed by atoms with E-state index in [2.05, 4.69) is 50.8 Å². The fraction of sp³-hybridized carbons (Fsp3) is 0.647. The third kappa shape index (κ3) is 3.11. The van der Waals surface area contributed by atoms with E-state index in [1.807, 2.05) is 0 Å². The van der Waals surface area contributed by atoms with E-state index in [4.69, 9.17) is 0 Å². The molecule has 1 saturated heterocycles. The zero-order valence-electron chi connectivity index (χ0n) is 12.7. The molecule has 0 aromatic heterocycles. The van der Waals surface area contributed by atoms with E-state index in [9.17, 15) is 5.11 Å². The van der Waals surface area contributed by atoms with Crippen LogP contribution in [0, 0.1) is 25.2 Å². The molecule has 0 amide bonds. The molecule has 0 saturated carbocycles. The molecule has 2 nitrogen and oxygen atoms in total. The third-order valence-corrected chi connectivity index (χ3v) is 4.91. The maximum atomic E-state index is 9.27. The molecule has 19 heavy (non-hydrogen) atoms. The maximum Gasteiger partial charge on any atom is 0.0434 e. The molecule has 1 heterocycles. The summed E-state index contributed by atoms with van der Waals surface area (Å²) in [6, 6.07) is 6.74. The van der Waals surface area contributed by atoms with E-state index in [0.717, 1.165) is 19.5 Å². The van der Waals surface area contributed by atoms with Crippen LogP contribution in [-0.2, 0) is 0 Å². The van der Waals surface area contributed by atoms with Crippen LogP contribution < -0.4 is 4.90 Å². The average molecular weight is 261 g/mol. The van der Waals surface area contributed by atoms with Crippen molar-refractivity contribution in [3.05, 3.63) is 29.3 Å². The second-order valence-electron chi connectivity index (χ2n) is 6.66. The lowest BCUT2D eigenvalue weighted by Gasteiger charge is -2.45. The van der Waals surface area contributed by atoms with Crippen LogP contribution in [0.1, 0.15) is 37.8 Å². The molecule has 1 N–H and O–H groups in total. The quantitative estimate of drug-likeness (QED) is 0.899. The van der Waals surface area contributed by atoms with Crippen molar-refractivity contribution in [2.24, 2.45) is 11.3 Å². The number of rotatable bonds is 3. The number of benzene rings is 1. The molecular weight excluding hydrogens is 234 g/mol. The van der Waals surface area contributed by atoms with Crippen molar-refractivity contribution in [3.63, 3.8) is 0 Å². The zero-order valence-corrected chi connectivity index (χ0v) is 12.7. The summed E-state index contributed by atoms with van der Waals surface area (Å²) < 4.78 is 0. The van der Waals surface area contributed by atoms with E-state index in [1.54, 1.807) is 0 Å². The van der Waals surface area contributed by atoms with Gasteiger partial charge in [0.15, 0.2) is 0 Å². The Hall–Kier alpha value is -1.02. The maximum absolute atomic E-state index is 9.27. The van der Waals surface area contributed by atoms with Gasteiger partial charge < -0.3 is 10.0 Å². The van der Waals surface area contributed by atoms with Crippen molar-refractivity contribution in [1.29, 1.82) is 0 Å². The molecular formula is C17H27NO. The molecule has 1 fully saturated rings. The van der Waals surface area contributed by atoms with Gasteiger partial charge >= 0.3 is 0 Å². The smallest absolute Gasteiger partial charge is 0.0434 e. The van der Waals surface area contributed by atoms with Crippen LogP contribution in [-0.4, -0.2) is 24.8 Å². The van der Waals surface area contributed by atoms with E-state index in [-0.39, 0.29) is 0 Å². The second kappa shape index (κ2) is 5.54. The van der Waals surface area contributed by atoms with E-state index < -0.39 is 0 Å². The van der Waals surface area contributed by atoms with Crippen molar-refractivity contribution in [2.45, 2.75) is 40.5 Å². The highest BCUT2D eigenvalue weighted by atomic mass is 16.3. The number of aryl methyl sites for hydroxylation is 2. The van der Waals surface area contributed by atoms with E-state index in [1.165, 1.54) is 23.2 Å². The number of anilines is 1. The number of piperidine rings is 1. The van der Waals surface area contributed by atoms with Crippen LogP contribution in [0.4, 0.5) is 5.69 Å². The molecule has 1 aromatic carbocycles. The van der Waals surface area contributed by atoms with Gasteiger partial charge in [-0.3, -0.25) is 0 Å². The molecule has 2 rings (SSSR count). The van der Waals surface area contributed by atoms with Crippen molar-refractivity contribution in [2.75, 3.05) is 24.6 Å². The number of aliphatic hydroxyl groups is 1. The van der Waals surface area contributed by atoms with Gasteiger partial charge in [0.2, 0.25) is 0 Å². The molecule has 1 atom stereocenters. The van der Waals surface area contributed by atoms with Gasteiger partial charge in [0.25, 0.3) is 0 Å². The SMILES string of the molecule is Cc1ccc(N2CCC(C)(C)C(CCO)C2)cc1C. The molecule has 1 aromatic rings. The van der Waals surface area contributed by atoms with Gasteiger partial charge in [-0.1, -0.05) is 19.9 Å². The topological polar surface area (TPSA) is 23.5 Å². The fourth-order valence-corrected chi connectivity index (χ4v) is 3.03. The van der Waals surface area contributed by atoms with Crippen molar-refractivity contribution < 1.29 is 5.11 Å². The minimum atomic E-state index is 0.300. The monoisotopic (exact) mass is 261 g/mol. The summed E-state index contributed by atoms with van der Waals surface area (Å²) in [5.41, 5.74) is 4.40. The Morgan fingerprint density at radius 3 is 2.63 bits per heavy atom. The normalized spacial score (nSPS) is 22.6. The lowest BCUT2D eigenvalue weighted by molar-refractivity contribution is 0.132. The molecule has 0 radical (unpaired) electrons. The largest absolute Gasteiger partial charge is 0.396 e. The molecule has 106 valence electrons. The minimum absolute atomic E-state index is 0.300. The summed E-state index contributed by atoms with van der Waals surface area (Å²) in [4.78, 5) is 2.48. The van der Waals surface area contributed by atoms with Crippen molar-refractivity contribution in [3.8, 4) is 0 Å². The van der Waals surface area contributed by atoms with Gasteiger partial charge in [-0.05, 0) is 61.3 Å². The summed E-state index contributed by atoms with van der Waals surface area (Å²) in [5, 5.41) is 9.27. The Bertz CT molecular complexity index is 439. The highest BCUT2D eigenvalue weighted by molar-refractivity contribution is 5.51. The average Bonchev–Trinajstić information content (AvgIpc) is 2.35. The van der Waals surface area contributed by atoms with Gasteiger partial charge in [0, 0.05) is 25.4 Å². The fourth-order valence-electron chi connectivity index (χ4n) is 3.03. The lowest BCUT2D eigenvalue weighted by atomic mass is 9.72. The number of hydrogen-bond donors (Lipinski definition) is 1. The van der Waals surface area contributed by atoms with Crippen molar-refractivity contribution >= 4 is 5.69 Å². The first kappa shape index (κ1) is 14.4. The highest BCUT2D eigenvalue weighted by Crippen LogP contribution is 2.39. The van der Waals surface area contributed by atoms with E-state index in [0.29, 0.717) is 17.9 Å². The van der Waals surface area contributed by atoms with Gasteiger partial charge in [-0.25, -0.2) is 0 Å². The molecule has 0 aliphatic carbocycles. The van der Waals surface area contributed by atoms with Gasteiger partial charge in [0.1, 0.15) is 0 Å². The molecule has 0 bridgehead atoms. The summed E-state index contributed by atoms with van der Waals surface area (Å²) in [5.74, 6) is 0.577. The summed E-state index contributed by atoms with van der Waals surface area (Å²) >= 11 is 0. The lowest BCUT2D eigenvalue weighted by Crippen LogP contribution is -2.45. The minimum Gasteiger partial charge on any atom is -0.396 e. The first-order valence-electron chi connectivity index (χ1n) is 7.37. The Kier molecular flexibility index (Phi) is 4.19. The van der Waals surface area contributed by atoms with Crippen LogP contribution in [0.15, 0.2) is 18.2 Å². The second-order valence-corrected chi connectivity index (χ2v) is 6.66. The molecule has 2 heteroatoms. The Morgan fingerprint density at radius 1 is 1.26 bits per heavy atom. The predicted molar refractivity (Wildman–Crippen MR) is 81.7 cm³/mol. The van der Waals surface area contributed by atoms with Crippen LogP contribution in [0.3, 0.4) is 0 Å². The van der Waals surface area contributed by atoms with Gasteiger partial charge in [-0.2, -0.15) is 0 Å². The summed E-state index contributed by atoms with van der Waals surface area (Å²) in [6.07, 6.45) is 2.11.